The fraction of sp³-hybridized carbons (Fsp3) is 0.700. The Hall–Kier alpha value is -1.66. The van der Waals surface area contributed by atoms with Crippen LogP contribution in [0.4, 0.5) is 5.69 Å². The molecule has 1 aromatic heterocycles. The van der Waals surface area contributed by atoms with Gasteiger partial charge in [-0.3, -0.25) is 4.79 Å². The van der Waals surface area contributed by atoms with Crippen LogP contribution < -0.4 is 10.1 Å². The Kier molecular flexibility index (Phi) is 10.2. The zero-order valence-corrected chi connectivity index (χ0v) is 16.9. The Labute approximate surface area is 157 Å². The summed E-state index contributed by atoms with van der Waals surface area (Å²) in [5.41, 5.74) is 0.684. The number of nitrogens with zero attached hydrogens (tertiary/aromatic N) is 1. The van der Waals surface area contributed by atoms with E-state index in [1.807, 2.05) is 33.8 Å². The van der Waals surface area contributed by atoms with Crippen molar-refractivity contribution in [2.45, 2.75) is 65.9 Å². The highest BCUT2D eigenvalue weighted by Gasteiger charge is 2.33. The summed E-state index contributed by atoms with van der Waals surface area (Å²) < 4.78 is 16.7. The quantitative estimate of drug-likeness (QED) is 0.532. The van der Waals surface area contributed by atoms with Gasteiger partial charge in [-0.2, -0.15) is 0 Å². The number of carbonyl (C=O) groups excluding carboxylic acids is 1. The molecular weight excluding hydrogens is 332 g/mol. The monoisotopic (exact) mass is 366 g/mol. The van der Waals surface area contributed by atoms with Gasteiger partial charge in [0, 0.05) is 18.8 Å². The minimum atomic E-state index is -0.827. The van der Waals surface area contributed by atoms with Gasteiger partial charge in [0.05, 0.1) is 18.5 Å². The van der Waals surface area contributed by atoms with E-state index in [2.05, 4.69) is 17.2 Å². The van der Waals surface area contributed by atoms with Crippen molar-refractivity contribution in [1.82, 2.24) is 4.98 Å². The molecule has 1 aromatic rings. The number of hydrogen-bond acceptors (Lipinski definition) is 5. The summed E-state index contributed by atoms with van der Waals surface area (Å²) in [4.78, 5) is 17.1. The molecular formula is C20H34N2O4. The zero-order chi connectivity index (χ0) is 19.4. The van der Waals surface area contributed by atoms with Crippen molar-refractivity contribution >= 4 is 11.6 Å². The number of hydrogen-bond donors (Lipinski definition) is 1. The summed E-state index contributed by atoms with van der Waals surface area (Å²) in [6, 6.07) is 1.86. The lowest BCUT2D eigenvalue weighted by atomic mass is 9.97. The molecule has 6 heteroatoms. The topological polar surface area (TPSA) is 69.7 Å². The minimum absolute atomic E-state index is 0.134. The summed E-state index contributed by atoms with van der Waals surface area (Å²) in [6.45, 7) is 12.1. The first-order valence-electron chi connectivity index (χ1n) is 9.59. The van der Waals surface area contributed by atoms with E-state index in [1.165, 1.54) is 0 Å². The van der Waals surface area contributed by atoms with Crippen molar-refractivity contribution in [1.29, 1.82) is 0 Å². The average molecular weight is 367 g/mol. The molecule has 1 N–H and O–H groups in total. The molecule has 0 saturated heterocycles. The summed E-state index contributed by atoms with van der Waals surface area (Å²) in [5, 5.41) is 2.94. The van der Waals surface area contributed by atoms with Gasteiger partial charge in [-0.1, -0.05) is 26.7 Å². The Morgan fingerprint density at radius 1 is 1.19 bits per heavy atom. The van der Waals surface area contributed by atoms with Crippen molar-refractivity contribution in [2.24, 2.45) is 0 Å². The number of carbonyl (C=O) groups is 1. The van der Waals surface area contributed by atoms with Gasteiger partial charge in [-0.25, -0.2) is 4.98 Å². The second-order valence-corrected chi connectivity index (χ2v) is 6.53. The van der Waals surface area contributed by atoms with E-state index in [1.54, 1.807) is 6.20 Å². The minimum Gasteiger partial charge on any atom is -0.475 e. The van der Waals surface area contributed by atoms with Gasteiger partial charge in [-0.05, 0) is 39.7 Å². The van der Waals surface area contributed by atoms with Crippen molar-refractivity contribution in [3.8, 4) is 5.88 Å². The lowest BCUT2D eigenvalue weighted by Gasteiger charge is -2.28. The summed E-state index contributed by atoms with van der Waals surface area (Å²) in [6.07, 6.45) is 5.15. The Balaban J connectivity index is 2.72. The van der Waals surface area contributed by atoms with Gasteiger partial charge in [-0.15, -0.1) is 0 Å². The standard InChI is InChI=1S/C20H34N2O4/c1-6-9-10-20(5,26-11-7-2)19(23)22-17-14-16(4)18(21-15-17)25-13-12-24-8-3/h14-15H,6-13H2,1-5H3,(H,22,23). The highest BCUT2D eigenvalue weighted by atomic mass is 16.5. The van der Waals surface area contributed by atoms with Crippen LogP contribution in [0, 0.1) is 6.92 Å². The molecule has 0 fully saturated rings. The molecule has 26 heavy (non-hydrogen) atoms. The van der Waals surface area contributed by atoms with Crippen molar-refractivity contribution in [3.63, 3.8) is 0 Å². The maximum Gasteiger partial charge on any atom is 0.256 e. The number of anilines is 1. The third-order valence-electron chi connectivity index (χ3n) is 4.07. The maximum atomic E-state index is 12.8. The molecule has 1 rings (SSSR count). The van der Waals surface area contributed by atoms with E-state index >= 15 is 0 Å². The number of nitrogens with one attached hydrogen (secondary N) is 1. The van der Waals surface area contributed by atoms with E-state index < -0.39 is 5.60 Å². The van der Waals surface area contributed by atoms with Crippen LogP contribution >= 0.6 is 0 Å². The first-order chi connectivity index (χ1) is 12.5. The molecule has 0 aromatic carbocycles. The molecule has 0 spiro atoms. The van der Waals surface area contributed by atoms with Gasteiger partial charge in [0.2, 0.25) is 5.88 Å². The highest BCUT2D eigenvalue weighted by Crippen LogP contribution is 2.24. The average Bonchev–Trinajstić information content (AvgIpc) is 2.63. The smallest absolute Gasteiger partial charge is 0.256 e. The number of aromatic nitrogens is 1. The lowest BCUT2D eigenvalue weighted by Crippen LogP contribution is -2.43. The van der Waals surface area contributed by atoms with Gasteiger partial charge in [0.1, 0.15) is 12.2 Å². The van der Waals surface area contributed by atoms with Gasteiger partial charge in [0.15, 0.2) is 0 Å². The van der Waals surface area contributed by atoms with E-state index in [4.69, 9.17) is 14.2 Å². The van der Waals surface area contributed by atoms with Gasteiger partial charge in [0.25, 0.3) is 5.91 Å². The molecule has 0 radical (unpaired) electrons. The third kappa shape index (κ3) is 7.30. The molecule has 0 aliphatic rings. The van der Waals surface area contributed by atoms with E-state index in [0.29, 0.717) is 44.4 Å². The Morgan fingerprint density at radius 2 is 1.96 bits per heavy atom. The van der Waals surface area contributed by atoms with Crippen LogP contribution in [0.3, 0.4) is 0 Å². The molecule has 1 heterocycles. The Morgan fingerprint density at radius 3 is 2.58 bits per heavy atom. The highest BCUT2D eigenvalue weighted by molar-refractivity contribution is 5.97. The van der Waals surface area contributed by atoms with Crippen LogP contribution in [0.25, 0.3) is 0 Å². The zero-order valence-electron chi connectivity index (χ0n) is 16.9. The van der Waals surface area contributed by atoms with Gasteiger partial charge < -0.3 is 19.5 Å². The second kappa shape index (κ2) is 11.9. The number of rotatable bonds is 13. The van der Waals surface area contributed by atoms with Crippen molar-refractivity contribution in [3.05, 3.63) is 17.8 Å². The molecule has 1 amide bonds. The number of pyridine rings is 1. The fourth-order valence-electron chi connectivity index (χ4n) is 2.48. The van der Waals surface area contributed by atoms with Crippen LogP contribution in [0.1, 0.15) is 58.9 Å². The predicted molar refractivity (Wildman–Crippen MR) is 104 cm³/mol. The number of unbranched alkanes of at least 4 members (excludes halogenated alkanes) is 1. The van der Waals surface area contributed by atoms with Crippen molar-refractivity contribution < 1.29 is 19.0 Å². The van der Waals surface area contributed by atoms with Crippen LogP contribution in [-0.4, -0.2) is 42.9 Å². The van der Waals surface area contributed by atoms with Crippen LogP contribution in [0.2, 0.25) is 0 Å². The fourth-order valence-corrected chi connectivity index (χ4v) is 2.48. The number of aryl methyl sites for hydroxylation is 1. The number of amides is 1. The molecule has 0 aliphatic carbocycles. The molecule has 0 bridgehead atoms. The molecule has 1 atom stereocenters. The van der Waals surface area contributed by atoms with E-state index in [0.717, 1.165) is 24.8 Å². The normalized spacial score (nSPS) is 13.3. The summed E-state index contributed by atoms with van der Waals surface area (Å²) in [5.74, 6) is 0.421. The predicted octanol–water partition coefficient (Wildman–Crippen LogP) is 4.12. The third-order valence-corrected chi connectivity index (χ3v) is 4.07. The maximum absolute atomic E-state index is 12.8. The van der Waals surface area contributed by atoms with Gasteiger partial charge >= 0.3 is 0 Å². The molecule has 148 valence electrons. The van der Waals surface area contributed by atoms with Crippen LogP contribution in [0.5, 0.6) is 5.88 Å². The second-order valence-electron chi connectivity index (χ2n) is 6.53. The SMILES string of the molecule is CCCCC(C)(OCCC)C(=O)Nc1cnc(OCCOCC)c(C)c1. The van der Waals surface area contributed by atoms with Crippen LogP contribution in [0.15, 0.2) is 12.3 Å². The first kappa shape index (κ1) is 22.4. The largest absolute Gasteiger partial charge is 0.475 e. The van der Waals surface area contributed by atoms with E-state index in [-0.39, 0.29) is 5.91 Å². The Bertz CT molecular complexity index is 541. The summed E-state index contributed by atoms with van der Waals surface area (Å²) in [7, 11) is 0. The van der Waals surface area contributed by atoms with E-state index in [9.17, 15) is 4.79 Å². The molecule has 0 saturated carbocycles. The molecule has 1 unspecified atom stereocenters. The number of ether oxygens (including phenoxy) is 3. The molecule has 0 aliphatic heterocycles. The first-order valence-corrected chi connectivity index (χ1v) is 9.59. The molecule has 6 nitrogen and oxygen atoms in total. The van der Waals surface area contributed by atoms with Crippen molar-refractivity contribution in [2.75, 3.05) is 31.7 Å². The van der Waals surface area contributed by atoms with Crippen LogP contribution in [-0.2, 0) is 14.3 Å². The summed E-state index contributed by atoms with van der Waals surface area (Å²) >= 11 is 0. The lowest BCUT2D eigenvalue weighted by molar-refractivity contribution is -0.140.